The molecule has 4 aromatic rings. The van der Waals surface area contributed by atoms with E-state index >= 15 is 0 Å². The van der Waals surface area contributed by atoms with Gasteiger partial charge in [0, 0.05) is 37.5 Å². The number of carbonyl (C=O) groups excluding carboxylic acids is 1. The predicted octanol–water partition coefficient (Wildman–Crippen LogP) is 4.31. The monoisotopic (exact) mass is 521 g/mol. The lowest BCUT2D eigenvalue weighted by molar-refractivity contribution is -0.137. The van der Waals surface area contributed by atoms with E-state index in [1.165, 1.54) is 6.20 Å². The number of rotatable bonds is 4. The molecule has 1 atom stereocenters. The maximum absolute atomic E-state index is 13.0. The van der Waals surface area contributed by atoms with Crippen molar-refractivity contribution in [3.8, 4) is 35.0 Å². The topological polar surface area (TPSA) is 112 Å². The minimum atomic E-state index is -4.51. The molecule has 1 aliphatic rings. The Morgan fingerprint density at radius 3 is 2.71 bits per heavy atom. The lowest BCUT2D eigenvalue weighted by Gasteiger charge is -2.30. The molecule has 0 aromatic carbocycles. The van der Waals surface area contributed by atoms with Gasteiger partial charge in [-0.1, -0.05) is 5.92 Å². The van der Waals surface area contributed by atoms with Crippen molar-refractivity contribution in [3.05, 3.63) is 60.2 Å². The van der Waals surface area contributed by atoms with Crippen molar-refractivity contribution < 1.29 is 22.7 Å². The third kappa shape index (κ3) is 4.95. The summed E-state index contributed by atoms with van der Waals surface area (Å²) in [5.74, 6) is 5.65. The van der Waals surface area contributed by atoms with Crippen LogP contribution < -0.4 is 10.5 Å². The first kappa shape index (κ1) is 25.0. The molecule has 0 bridgehead atoms. The fourth-order valence-corrected chi connectivity index (χ4v) is 4.46. The third-order valence-corrected chi connectivity index (χ3v) is 6.19. The number of fused-ring (bicyclic) bond motifs is 1. The number of pyridine rings is 2. The summed E-state index contributed by atoms with van der Waals surface area (Å²) >= 11 is 0. The van der Waals surface area contributed by atoms with Gasteiger partial charge in [0.2, 0.25) is 11.8 Å². The molecule has 1 aliphatic heterocycles. The number of alkyl halides is 3. The predicted molar refractivity (Wildman–Crippen MR) is 132 cm³/mol. The van der Waals surface area contributed by atoms with Gasteiger partial charge in [-0.15, -0.1) is 0 Å². The van der Waals surface area contributed by atoms with Gasteiger partial charge in [-0.2, -0.15) is 13.2 Å². The number of amides is 1. The number of ether oxygens (including phenoxy) is 1. The standard InChI is InChI=1S/C26H22F3N7O2/c1-2-4-22(37)35-12-3-5-16(15-35)23-20-9-11-32-25(30)36(20)24(34-23)19-7-6-18(14-33-19)38-21-13-17(8-10-31-21)26(27,28)29/h6-11,13-14,16H,3,5,12,15H2,1H3,(H2,30,32). The molecule has 5 heterocycles. The summed E-state index contributed by atoms with van der Waals surface area (Å²) in [5, 5.41) is 0. The van der Waals surface area contributed by atoms with Crippen molar-refractivity contribution in [3.63, 3.8) is 0 Å². The smallest absolute Gasteiger partial charge is 0.416 e. The molecule has 5 rings (SSSR count). The highest BCUT2D eigenvalue weighted by molar-refractivity contribution is 5.93. The van der Waals surface area contributed by atoms with Crippen LogP contribution in [0.3, 0.4) is 0 Å². The summed E-state index contributed by atoms with van der Waals surface area (Å²) in [6.45, 7) is 2.74. The molecule has 0 radical (unpaired) electrons. The van der Waals surface area contributed by atoms with E-state index in [4.69, 9.17) is 15.5 Å². The summed E-state index contributed by atoms with van der Waals surface area (Å²) in [4.78, 5) is 31.4. The first-order chi connectivity index (χ1) is 18.2. The quantitative estimate of drug-likeness (QED) is 0.399. The van der Waals surface area contributed by atoms with E-state index in [2.05, 4.69) is 26.8 Å². The number of piperidine rings is 1. The van der Waals surface area contributed by atoms with Crippen molar-refractivity contribution in [1.82, 2.24) is 29.2 Å². The summed E-state index contributed by atoms with van der Waals surface area (Å²) in [7, 11) is 0. The Morgan fingerprint density at radius 2 is 1.97 bits per heavy atom. The molecule has 0 saturated carbocycles. The van der Waals surface area contributed by atoms with Crippen LogP contribution in [0.15, 0.2) is 48.9 Å². The fraction of sp³-hybridized carbons (Fsp3) is 0.269. The molecule has 12 heteroatoms. The van der Waals surface area contributed by atoms with Gasteiger partial charge < -0.3 is 15.4 Å². The number of carbonyl (C=O) groups is 1. The zero-order valence-corrected chi connectivity index (χ0v) is 20.2. The molecule has 0 spiro atoms. The molecule has 4 aromatic heterocycles. The molecule has 0 aliphatic carbocycles. The van der Waals surface area contributed by atoms with E-state index in [1.807, 2.05) is 6.07 Å². The van der Waals surface area contributed by atoms with E-state index in [9.17, 15) is 18.0 Å². The van der Waals surface area contributed by atoms with E-state index in [1.54, 1.807) is 34.6 Å². The zero-order valence-electron chi connectivity index (χ0n) is 20.2. The van der Waals surface area contributed by atoms with Crippen LogP contribution in [0.4, 0.5) is 19.1 Å². The maximum atomic E-state index is 13.0. The van der Waals surface area contributed by atoms with Gasteiger partial charge >= 0.3 is 6.18 Å². The van der Waals surface area contributed by atoms with Gasteiger partial charge in [-0.25, -0.2) is 19.9 Å². The second-order valence-corrected chi connectivity index (χ2v) is 8.67. The molecule has 9 nitrogen and oxygen atoms in total. The Hall–Kier alpha value is -4.66. The minimum Gasteiger partial charge on any atom is -0.437 e. The van der Waals surface area contributed by atoms with Crippen LogP contribution in [0, 0.1) is 11.8 Å². The number of hydrogen-bond donors (Lipinski definition) is 1. The van der Waals surface area contributed by atoms with Crippen LogP contribution in [-0.4, -0.2) is 48.2 Å². The molecule has 2 N–H and O–H groups in total. The number of aromatic nitrogens is 5. The van der Waals surface area contributed by atoms with Gasteiger partial charge in [0.05, 0.1) is 23.0 Å². The molecule has 38 heavy (non-hydrogen) atoms. The van der Waals surface area contributed by atoms with Crippen molar-refractivity contribution in [1.29, 1.82) is 0 Å². The molecular formula is C26H22F3N7O2. The highest BCUT2D eigenvalue weighted by Gasteiger charge is 2.31. The molecule has 194 valence electrons. The van der Waals surface area contributed by atoms with Crippen LogP contribution in [0.5, 0.6) is 11.6 Å². The number of imidazole rings is 1. The Labute approximate surface area is 215 Å². The second kappa shape index (κ2) is 10.0. The lowest BCUT2D eigenvalue weighted by atomic mass is 9.94. The normalized spacial score (nSPS) is 15.7. The van der Waals surface area contributed by atoms with Crippen molar-refractivity contribution in [2.45, 2.75) is 31.9 Å². The number of anilines is 1. The number of likely N-dealkylation sites (tertiary alicyclic amines) is 1. The number of nitrogens with two attached hydrogens (primary N) is 1. The van der Waals surface area contributed by atoms with E-state index in [-0.39, 0.29) is 29.4 Å². The van der Waals surface area contributed by atoms with Crippen LogP contribution >= 0.6 is 0 Å². The fourth-order valence-electron chi connectivity index (χ4n) is 4.46. The SMILES string of the molecule is CC#CC(=O)N1CCCC(c2nc(-c3ccc(Oc4cc(C(F)(F)F)ccn4)cn3)n3c(N)nccc23)C1. The van der Waals surface area contributed by atoms with Crippen LogP contribution in [-0.2, 0) is 11.0 Å². The van der Waals surface area contributed by atoms with Crippen LogP contribution in [0.25, 0.3) is 17.0 Å². The van der Waals surface area contributed by atoms with E-state index in [0.29, 0.717) is 24.6 Å². The van der Waals surface area contributed by atoms with Crippen molar-refractivity contribution in [2.24, 2.45) is 0 Å². The van der Waals surface area contributed by atoms with E-state index < -0.39 is 11.7 Å². The third-order valence-electron chi connectivity index (χ3n) is 6.19. The molecule has 1 saturated heterocycles. The van der Waals surface area contributed by atoms with E-state index in [0.717, 1.165) is 42.4 Å². The summed E-state index contributed by atoms with van der Waals surface area (Å²) in [6.07, 6.45) is 1.13. The Morgan fingerprint density at radius 1 is 1.16 bits per heavy atom. The number of nitrogen functional groups attached to an aromatic ring is 1. The number of nitrogens with zero attached hydrogens (tertiary/aromatic N) is 6. The van der Waals surface area contributed by atoms with Gasteiger partial charge in [-0.05, 0) is 50.0 Å². The molecule has 1 fully saturated rings. The second-order valence-electron chi connectivity index (χ2n) is 8.67. The van der Waals surface area contributed by atoms with Crippen molar-refractivity contribution in [2.75, 3.05) is 18.8 Å². The lowest BCUT2D eigenvalue weighted by Crippen LogP contribution is -2.38. The van der Waals surface area contributed by atoms with Crippen molar-refractivity contribution >= 4 is 17.4 Å². The molecule has 1 amide bonds. The number of halogens is 3. The Kier molecular flexibility index (Phi) is 6.59. The van der Waals surface area contributed by atoms with Crippen LogP contribution in [0.1, 0.15) is 36.9 Å². The molecule has 1 unspecified atom stereocenters. The Balaban J connectivity index is 1.45. The van der Waals surface area contributed by atoms with Gasteiger partial charge in [0.25, 0.3) is 5.91 Å². The highest BCUT2D eigenvalue weighted by atomic mass is 19.4. The summed E-state index contributed by atoms with van der Waals surface area (Å²) < 4.78 is 46.2. The first-order valence-corrected chi connectivity index (χ1v) is 11.8. The highest BCUT2D eigenvalue weighted by Crippen LogP contribution is 2.34. The Bertz CT molecular complexity index is 1560. The van der Waals surface area contributed by atoms with Gasteiger partial charge in [0.1, 0.15) is 11.4 Å². The van der Waals surface area contributed by atoms with Gasteiger partial charge in [-0.3, -0.25) is 9.20 Å². The average molecular weight is 522 g/mol. The maximum Gasteiger partial charge on any atom is 0.416 e. The average Bonchev–Trinajstić information content (AvgIpc) is 3.30. The summed E-state index contributed by atoms with van der Waals surface area (Å²) in [6, 6.07) is 6.68. The first-order valence-electron chi connectivity index (χ1n) is 11.8. The van der Waals surface area contributed by atoms with Crippen LogP contribution in [0.2, 0.25) is 0 Å². The summed E-state index contributed by atoms with van der Waals surface area (Å²) in [5.41, 5.74) is 7.32. The minimum absolute atomic E-state index is 0.0357. The van der Waals surface area contributed by atoms with Gasteiger partial charge in [0.15, 0.2) is 5.82 Å². The number of hydrogen-bond acceptors (Lipinski definition) is 7. The molecular weight excluding hydrogens is 499 g/mol. The largest absolute Gasteiger partial charge is 0.437 e. The zero-order chi connectivity index (χ0) is 26.9.